The predicted octanol–water partition coefficient (Wildman–Crippen LogP) is 6.59. The maximum Gasteiger partial charge on any atom is 0.330 e. The molecule has 0 aromatic carbocycles. The van der Waals surface area contributed by atoms with Crippen molar-refractivity contribution in [1.82, 2.24) is 0 Å². The Kier molecular flexibility index (Phi) is 16.0. The van der Waals surface area contributed by atoms with E-state index in [-0.39, 0.29) is 12.1 Å². The van der Waals surface area contributed by atoms with Gasteiger partial charge in [-0.15, -0.1) is 0 Å². The predicted molar refractivity (Wildman–Crippen MR) is 96.1 cm³/mol. The fraction of sp³-hybridized carbons (Fsp3) is 0.850. The van der Waals surface area contributed by atoms with Gasteiger partial charge in [0.1, 0.15) is 6.10 Å². The summed E-state index contributed by atoms with van der Waals surface area (Å²) >= 11 is 0. The van der Waals surface area contributed by atoms with E-state index in [1.165, 1.54) is 76.7 Å². The molecule has 0 aromatic rings. The Hall–Kier alpha value is -0.790. The molecule has 2 nitrogen and oxygen atoms in total. The average molecular weight is 311 g/mol. The lowest BCUT2D eigenvalue weighted by molar-refractivity contribution is -0.143. The summed E-state index contributed by atoms with van der Waals surface area (Å²) in [6, 6.07) is 0. The second-order valence-corrected chi connectivity index (χ2v) is 6.38. The first kappa shape index (κ1) is 21.2. The lowest BCUT2D eigenvalue weighted by atomic mass is 10.0. The highest BCUT2D eigenvalue weighted by molar-refractivity contribution is 5.81. The van der Waals surface area contributed by atoms with Gasteiger partial charge in [0, 0.05) is 6.08 Å². The molecule has 22 heavy (non-hydrogen) atoms. The fourth-order valence-corrected chi connectivity index (χ4v) is 2.83. The van der Waals surface area contributed by atoms with E-state index in [4.69, 9.17) is 4.74 Å². The van der Waals surface area contributed by atoms with Gasteiger partial charge in [0.25, 0.3) is 0 Å². The van der Waals surface area contributed by atoms with Crippen LogP contribution in [0.3, 0.4) is 0 Å². The lowest BCUT2D eigenvalue weighted by Crippen LogP contribution is -2.16. The second-order valence-electron chi connectivity index (χ2n) is 6.38. The molecule has 1 unspecified atom stereocenters. The Morgan fingerprint density at radius 2 is 1.32 bits per heavy atom. The molecule has 0 saturated carbocycles. The first-order chi connectivity index (χ1) is 10.7. The largest absolute Gasteiger partial charge is 0.459 e. The Balaban J connectivity index is 3.41. The fourth-order valence-electron chi connectivity index (χ4n) is 2.83. The van der Waals surface area contributed by atoms with Crippen molar-refractivity contribution < 1.29 is 9.53 Å². The SMILES string of the molecule is C=CC(=O)OC(CCC)CCCCCCCCCCCCC. The molecule has 130 valence electrons. The number of carbonyl (C=O) groups excluding carboxylic acids is 1. The minimum absolute atomic E-state index is 0.0917. The van der Waals surface area contributed by atoms with Crippen molar-refractivity contribution in [1.29, 1.82) is 0 Å². The topological polar surface area (TPSA) is 26.3 Å². The standard InChI is InChI=1S/C20H38O2/c1-4-7-8-9-10-11-12-13-14-15-16-18-19(17-5-2)22-20(21)6-3/h6,19H,3-5,7-18H2,1-2H3. The Morgan fingerprint density at radius 3 is 1.77 bits per heavy atom. The number of unbranched alkanes of at least 4 members (excludes halogenated alkanes) is 10. The molecule has 0 amide bonds. The maximum absolute atomic E-state index is 11.3. The number of rotatable bonds is 16. The van der Waals surface area contributed by atoms with Gasteiger partial charge in [-0.05, 0) is 19.3 Å². The van der Waals surface area contributed by atoms with Crippen molar-refractivity contribution in [3.05, 3.63) is 12.7 Å². The van der Waals surface area contributed by atoms with E-state index in [0.717, 1.165) is 19.3 Å². The summed E-state index contributed by atoms with van der Waals surface area (Å²) < 4.78 is 5.37. The molecule has 0 spiro atoms. The molecular formula is C20H38O2. The summed E-state index contributed by atoms with van der Waals surface area (Å²) in [6.07, 6.45) is 19.3. The molecule has 1 atom stereocenters. The highest BCUT2D eigenvalue weighted by atomic mass is 16.5. The molecule has 0 aromatic heterocycles. The molecule has 0 aliphatic rings. The average Bonchev–Trinajstić information content (AvgIpc) is 2.52. The van der Waals surface area contributed by atoms with Crippen LogP contribution in [0.1, 0.15) is 104 Å². The summed E-state index contributed by atoms with van der Waals surface area (Å²) in [4.78, 5) is 11.3. The zero-order chi connectivity index (χ0) is 16.5. The molecule has 0 saturated heterocycles. The lowest BCUT2D eigenvalue weighted by Gasteiger charge is -2.16. The van der Waals surface area contributed by atoms with Gasteiger partial charge in [0.2, 0.25) is 0 Å². The molecule has 0 N–H and O–H groups in total. The molecule has 0 bridgehead atoms. The number of carbonyl (C=O) groups is 1. The highest BCUT2D eigenvalue weighted by Crippen LogP contribution is 2.15. The molecule has 0 aliphatic heterocycles. The summed E-state index contributed by atoms with van der Waals surface area (Å²) in [7, 11) is 0. The van der Waals surface area contributed by atoms with Crippen LogP contribution in [0.2, 0.25) is 0 Å². The third-order valence-corrected chi connectivity index (χ3v) is 4.19. The van der Waals surface area contributed by atoms with Crippen molar-refractivity contribution in [3.63, 3.8) is 0 Å². The highest BCUT2D eigenvalue weighted by Gasteiger charge is 2.11. The third kappa shape index (κ3) is 14.2. The molecule has 0 rings (SSSR count). The van der Waals surface area contributed by atoms with Crippen LogP contribution in [-0.2, 0) is 9.53 Å². The van der Waals surface area contributed by atoms with E-state index in [1.54, 1.807) is 0 Å². The van der Waals surface area contributed by atoms with Crippen LogP contribution in [-0.4, -0.2) is 12.1 Å². The van der Waals surface area contributed by atoms with Crippen molar-refractivity contribution >= 4 is 5.97 Å². The number of hydrogen-bond donors (Lipinski definition) is 0. The van der Waals surface area contributed by atoms with Crippen LogP contribution in [0.15, 0.2) is 12.7 Å². The van der Waals surface area contributed by atoms with Crippen LogP contribution in [0.4, 0.5) is 0 Å². The van der Waals surface area contributed by atoms with Crippen molar-refractivity contribution in [3.8, 4) is 0 Å². The van der Waals surface area contributed by atoms with Crippen LogP contribution in [0, 0.1) is 0 Å². The molecule has 0 aliphatic carbocycles. The van der Waals surface area contributed by atoms with Gasteiger partial charge < -0.3 is 4.74 Å². The van der Waals surface area contributed by atoms with Crippen LogP contribution < -0.4 is 0 Å². The van der Waals surface area contributed by atoms with E-state index < -0.39 is 0 Å². The van der Waals surface area contributed by atoms with Gasteiger partial charge in [-0.25, -0.2) is 4.79 Å². The van der Waals surface area contributed by atoms with E-state index in [9.17, 15) is 4.79 Å². The Bertz CT molecular complexity index is 260. The molecule has 2 heteroatoms. The Morgan fingerprint density at radius 1 is 0.818 bits per heavy atom. The summed E-state index contributed by atoms with van der Waals surface area (Å²) in [5.41, 5.74) is 0. The molecule has 0 heterocycles. The quantitative estimate of drug-likeness (QED) is 0.183. The second kappa shape index (κ2) is 16.6. The van der Waals surface area contributed by atoms with Crippen molar-refractivity contribution in [2.75, 3.05) is 0 Å². The zero-order valence-corrected chi connectivity index (χ0v) is 15.1. The molecule has 0 radical (unpaired) electrons. The van der Waals surface area contributed by atoms with E-state index in [1.807, 2.05) is 0 Å². The molecule has 0 fully saturated rings. The van der Waals surface area contributed by atoms with Crippen LogP contribution >= 0.6 is 0 Å². The van der Waals surface area contributed by atoms with Gasteiger partial charge in [0.05, 0.1) is 0 Å². The van der Waals surface area contributed by atoms with E-state index in [2.05, 4.69) is 20.4 Å². The van der Waals surface area contributed by atoms with Crippen LogP contribution in [0.25, 0.3) is 0 Å². The smallest absolute Gasteiger partial charge is 0.330 e. The monoisotopic (exact) mass is 310 g/mol. The minimum atomic E-state index is -0.276. The number of ether oxygens (including phenoxy) is 1. The van der Waals surface area contributed by atoms with Gasteiger partial charge in [0.15, 0.2) is 0 Å². The zero-order valence-electron chi connectivity index (χ0n) is 15.1. The normalized spacial score (nSPS) is 12.1. The minimum Gasteiger partial charge on any atom is -0.459 e. The summed E-state index contributed by atoms with van der Waals surface area (Å²) in [5.74, 6) is -0.276. The van der Waals surface area contributed by atoms with E-state index in [0.29, 0.717) is 0 Å². The summed E-state index contributed by atoms with van der Waals surface area (Å²) in [5, 5.41) is 0. The van der Waals surface area contributed by atoms with Gasteiger partial charge in [-0.2, -0.15) is 0 Å². The third-order valence-electron chi connectivity index (χ3n) is 4.19. The van der Waals surface area contributed by atoms with E-state index >= 15 is 0 Å². The first-order valence-electron chi connectivity index (χ1n) is 9.57. The van der Waals surface area contributed by atoms with Gasteiger partial charge in [-0.3, -0.25) is 0 Å². The number of esters is 1. The van der Waals surface area contributed by atoms with Gasteiger partial charge >= 0.3 is 5.97 Å². The summed E-state index contributed by atoms with van der Waals surface area (Å²) in [6.45, 7) is 7.86. The van der Waals surface area contributed by atoms with Crippen molar-refractivity contribution in [2.24, 2.45) is 0 Å². The number of hydrogen-bond acceptors (Lipinski definition) is 2. The maximum atomic E-state index is 11.3. The first-order valence-corrected chi connectivity index (χ1v) is 9.57. The van der Waals surface area contributed by atoms with Crippen molar-refractivity contribution in [2.45, 2.75) is 110 Å². The molecular weight excluding hydrogens is 272 g/mol. The van der Waals surface area contributed by atoms with Crippen LogP contribution in [0.5, 0.6) is 0 Å². The van der Waals surface area contributed by atoms with Gasteiger partial charge in [-0.1, -0.05) is 91.1 Å². The Labute approximate surface area is 138 Å².